The Kier molecular flexibility index (Phi) is 3.57. The van der Waals surface area contributed by atoms with E-state index in [1.54, 1.807) is 6.07 Å². The van der Waals surface area contributed by atoms with E-state index >= 15 is 0 Å². The predicted octanol–water partition coefficient (Wildman–Crippen LogP) is 3.80. The van der Waals surface area contributed by atoms with E-state index in [0.717, 1.165) is 24.7 Å². The quantitative estimate of drug-likeness (QED) is 0.842. The lowest BCUT2D eigenvalue weighted by atomic mass is 10.1. The second-order valence-electron chi connectivity index (χ2n) is 5.56. The lowest BCUT2D eigenvalue weighted by molar-refractivity contribution is 0.511. The van der Waals surface area contributed by atoms with Gasteiger partial charge >= 0.3 is 0 Å². The van der Waals surface area contributed by atoms with Crippen LogP contribution in [0.4, 0.5) is 14.6 Å². The molecule has 1 aromatic carbocycles. The van der Waals surface area contributed by atoms with Crippen LogP contribution in [0.2, 0.25) is 0 Å². The summed E-state index contributed by atoms with van der Waals surface area (Å²) in [7, 11) is 0. The van der Waals surface area contributed by atoms with Crippen molar-refractivity contribution in [2.75, 3.05) is 4.90 Å². The first-order valence-electron chi connectivity index (χ1n) is 7.14. The van der Waals surface area contributed by atoms with E-state index < -0.39 is 11.6 Å². The van der Waals surface area contributed by atoms with Crippen LogP contribution in [0.5, 0.6) is 0 Å². The first-order valence-corrected chi connectivity index (χ1v) is 7.14. The highest BCUT2D eigenvalue weighted by Gasteiger charge is 2.28. The zero-order valence-corrected chi connectivity index (χ0v) is 12.1. The Labute approximate surface area is 122 Å². The van der Waals surface area contributed by atoms with Crippen LogP contribution in [0.1, 0.15) is 26.7 Å². The largest absolute Gasteiger partial charge is 0.350 e. The molecule has 0 saturated carbocycles. The molecule has 2 atom stereocenters. The average molecular weight is 289 g/mol. The molecule has 2 heterocycles. The first kappa shape index (κ1) is 13.9. The molecule has 0 N–H and O–H groups in total. The van der Waals surface area contributed by atoms with Crippen molar-refractivity contribution in [3.05, 3.63) is 42.0 Å². The molecule has 110 valence electrons. The monoisotopic (exact) mass is 289 g/mol. The number of anilines is 1. The molecule has 0 aliphatic carbocycles. The highest BCUT2D eigenvalue weighted by atomic mass is 19.2. The molecule has 0 amide bonds. The smallest absolute Gasteiger partial charge is 0.168 e. The molecule has 2 aromatic rings. The summed E-state index contributed by atoms with van der Waals surface area (Å²) in [4.78, 5) is 2.22. The maximum absolute atomic E-state index is 13.8. The van der Waals surface area contributed by atoms with Crippen molar-refractivity contribution in [1.82, 2.24) is 10.2 Å². The molecular weight excluding hydrogens is 272 g/mol. The molecule has 3 nitrogen and oxygen atoms in total. The van der Waals surface area contributed by atoms with E-state index in [2.05, 4.69) is 28.9 Å². The number of benzene rings is 1. The Balaban J connectivity index is 1.92. The fourth-order valence-electron chi connectivity index (χ4n) is 2.95. The molecule has 0 spiro atoms. The van der Waals surface area contributed by atoms with Crippen molar-refractivity contribution < 1.29 is 8.78 Å². The van der Waals surface area contributed by atoms with Crippen LogP contribution in [0.15, 0.2) is 30.3 Å². The minimum Gasteiger partial charge on any atom is -0.350 e. The van der Waals surface area contributed by atoms with Crippen molar-refractivity contribution in [3.8, 4) is 11.3 Å². The van der Waals surface area contributed by atoms with Crippen LogP contribution in [-0.4, -0.2) is 22.3 Å². The van der Waals surface area contributed by atoms with Crippen LogP contribution in [0.3, 0.4) is 0 Å². The summed E-state index contributed by atoms with van der Waals surface area (Å²) in [5.41, 5.74) is 0.479. The lowest BCUT2D eigenvalue weighted by Crippen LogP contribution is -2.33. The third kappa shape index (κ3) is 2.48. The average Bonchev–Trinajstić information content (AvgIpc) is 2.82. The minimum absolute atomic E-state index is 0.136. The third-order valence-corrected chi connectivity index (χ3v) is 4.09. The minimum atomic E-state index is -0.887. The SMILES string of the molecule is C[C@@H]1CC[C@H](C)N1c1ccc(-c2cccc(F)c2F)nn1. The molecule has 3 rings (SSSR count). The highest BCUT2D eigenvalue weighted by Crippen LogP contribution is 2.29. The van der Waals surface area contributed by atoms with E-state index in [1.807, 2.05) is 6.07 Å². The molecular formula is C16H17F2N3. The number of hydrogen-bond donors (Lipinski definition) is 0. The van der Waals surface area contributed by atoms with Gasteiger partial charge < -0.3 is 4.90 Å². The van der Waals surface area contributed by atoms with Crippen molar-refractivity contribution in [3.63, 3.8) is 0 Å². The molecule has 0 bridgehead atoms. The fourth-order valence-corrected chi connectivity index (χ4v) is 2.95. The number of nitrogens with zero attached hydrogens (tertiary/aromatic N) is 3. The van der Waals surface area contributed by atoms with E-state index in [-0.39, 0.29) is 5.56 Å². The maximum Gasteiger partial charge on any atom is 0.168 e. The van der Waals surface area contributed by atoms with Crippen LogP contribution >= 0.6 is 0 Å². The lowest BCUT2D eigenvalue weighted by Gasteiger charge is -2.26. The first-order chi connectivity index (χ1) is 10.1. The van der Waals surface area contributed by atoms with Gasteiger partial charge in [-0.3, -0.25) is 0 Å². The number of halogens is 2. The van der Waals surface area contributed by atoms with Gasteiger partial charge in [0.05, 0.1) is 5.69 Å². The Morgan fingerprint density at radius 2 is 1.71 bits per heavy atom. The topological polar surface area (TPSA) is 29.0 Å². The maximum atomic E-state index is 13.8. The Bertz CT molecular complexity index is 632. The van der Waals surface area contributed by atoms with E-state index in [4.69, 9.17) is 0 Å². The van der Waals surface area contributed by atoms with Gasteiger partial charge in [-0.2, -0.15) is 0 Å². The highest BCUT2D eigenvalue weighted by molar-refractivity contribution is 5.60. The van der Waals surface area contributed by atoms with Crippen LogP contribution in [0.25, 0.3) is 11.3 Å². The predicted molar refractivity (Wildman–Crippen MR) is 78.0 cm³/mol. The normalized spacial score (nSPS) is 21.8. The fraction of sp³-hybridized carbons (Fsp3) is 0.375. The molecule has 5 heteroatoms. The van der Waals surface area contributed by atoms with Crippen molar-refractivity contribution in [1.29, 1.82) is 0 Å². The standard InChI is InChI=1S/C16H17F2N3/c1-10-6-7-11(2)21(10)15-9-8-14(19-20-15)12-4-3-5-13(17)16(12)18/h3-5,8-11H,6-7H2,1-2H3/t10-,11+. The zero-order valence-electron chi connectivity index (χ0n) is 12.1. The van der Waals surface area contributed by atoms with Gasteiger partial charge in [0.1, 0.15) is 0 Å². The number of hydrogen-bond acceptors (Lipinski definition) is 3. The van der Waals surface area contributed by atoms with Gasteiger partial charge in [-0.25, -0.2) is 8.78 Å². The molecule has 0 unspecified atom stereocenters. The van der Waals surface area contributed by atoms with Crippen molar-refractivity contribution >= 4 is 5.82 Å². The molecule has 1 aromatic heterocycles. The molecule has 1 aliphatic rings. The summed E-state index contributed by atoms with van der Waals surface area (Å²) in [6, 6.07) is 8.42. The second kappa shape index (κ2) is 5.39. The van der Waals surface area contributed by atoms with Gasteiger partial charge in [0.25, 0.3) is 0 Å². The summed E-state index contributed by atoms with van der Waals surface area (Å²) in [6.45, 7) is 4.32. The van der Waals surface area contributed by atoms with Gasteiger partial charge in [-0.15, -0.1) is 10.2 Å². The number of rotatable bonds is 2. The Morgan fingerprint density at radius 3 is 2.33 bits per heavy atom. The van der Waals surface area contributed by atoms with E-state index in [9.17, 15) is 8.78 Å². The van der Waals surface area contributed by atoms with Gasteiger partial charge in [-0.05, 0) is 51.0 Å². The third-order valence-electron chi connectivity index (χ3n) is 4.09. The van der Waals surface area contributed by atoms with E-state index in [0.29, 0.717) is 17.8 Å². The van der Waals surface area contributed by atoms with Gasteiger partial charge in [0.2, 0.25) is 0 Å². The van der Waals surface area contributed by atoms with Crippen LogP contribution < -0.4 is 4.90 Å². The Morgan fingerprint density at radius 1 is 1.00 bits per heavy atom. The second-order valence-corrected chi connectivity index (χ2v) is 5.56. The molecule has 1 fully saturated rings. The van der Waals surface area contributed by atoms with Gasteiger partial charge in [0.15, 0.2) is 17.5 Å². The summed E-state index contributed by atoms with van der Waals surface area (Å²) in [5, 5.41) is 8.26. The summed E-state index contributed by atoms with van der Waals surface area (Å²) < 4.78 is 27.0. The van der Waals surface area contributed by atoms with Crippen molar-refractivity contribution in [2.45, 2.75) is 38.8 Å². The summed E-state index contributed by atoms with van der Waals surface area (Å²) >= 11 is 0. The number of aromatic nitrogens is 2. The van der Waals surface area contributed by atoms with E-state index in [1.165, 1.54) is 12.1 Å². The van der Waals surface area contributed by atoms with Gasteiger partial charge in [-0.1, -0.05) is 6.07 Å². The molecule has 1 saturated heterocycles. The zero-order chi connectivity index (χ0) is 15.0. The van der Waals surface area contributed by atoms with Crippen molar-refractivity contribution in [2.24, 2.45) is 0 Å². The Hall–Kier alpha value is -2.04. The molecule has 1 aliphatic heterocycles. The summed E-state index contributed by atoms with van der Waals surface area (Å²) in [5.74, 6) is -0.976. The van der Waals surface area contributed by atoms with Crippen LogP contribution in [0, 0.1) is 11.6 Å². The molecule has 21 heavy (non-hydrogen) atoms. The van der Waals surface area contributed by atoms with Crippen LogP contribution in [-0.2, 0) is 0 Å². The summed E-state index contributed by atoms with van der Waals surface area (Å²) in [6.07, 6.45) is 2.26. The van der Waals surface area contributed by atoms with Gasteiger partial charge in [0, 0.05) is 17.6 Å². The molecule has 0 radical (unpaired) electrons.